The fourth-order valence-corrected chi connectivity index (χ4v) is 2.41. The van der Waals surface area contributed by atoms with Crippen molar-refractivity contribution in [3.05, 3.63) is 29.5 Å². The third-order valence-corrected chi connectivity index (χ3v) is 3.15. The van der Waals surface area contributed by atoms with Gasteiger partial charge in [-0.2, -0.15) is 0 Å². The zero-order chi connectivity index (χ0) is 12.6. The molecule has 1 heterocycles. The van der Waals surface area contributed by atoms with Crippen LogP contribution in [0.15, 0.2) is 18.3 Å². The Morgan fingerprint density at radius 3 is 2.65 bits per heavy atom. The zero-order valence-corrected chi connectivity index (χ0v) is 10.7. The predicted octanol–water partition coefficient (Wildman–Crippen LogP) is 2.74. The number of phenols is 1. The highest BCUT2D eigenvalue weighted by atomic mass is 16.3. The van der Waals surface area contributed by atoms with Gasteiger partial charge in [-0.25, -0.2) is 0 Å². The van der Waals surface area contributed by atoms with Gasteiger partial charge in [0.15, 0.2) is 0 Å². The predicted molar refractivity (Wildman–Crippen MR) is 71.5 cm³/mol. The first-order valence-corrected chi connectivity index (χ1v) is 6.07. The minimum atomic E-state index is 0.328. The molecule has 0 fully saturated rings. The molecule has 0 saturated carbocycles. The van der Waals surface area contributed by atoms with Gasteiger partial charge in [-0.05, 0) is 57.0 Å². The summed E-state index contributed by atoms with van der Waals surface area (Å²) >= 11 is 0. The van der Waals surface area contributed by atoms with Crippen LogP contribution in [0, 0.1) is 6.92 Å². The second-order valence-corrected chi connectivity index (χ2v) is 4.85. The van der Waals surface area contributed by atoms with Crippen LogP contribution in [-0.4, -0.2) is 16.2 Å². The van der Waals surface area contributed by atoms with Crippen molar-refractivity contribution in [3.63, 3.8) is 0 Å². The van der Waals surface area contributed by atoms with Gasteiger partial charge in [0.05, 0.1) is 5.52 Å². The number of nitrogens with zero attached hydrogens (tertiary/aromatic N) is 1. The Labute approximate surface area is 102 Å². The lowest BCUT2D eigenvalue weighted by atomic mass is 10.1. The third-order valence-electron chi connectivity index (χ3n) is 3.15. The van der Waals surface area contributed by atoms with Crippen molar-refractivity contribution >= 4 is 10.9 Å². The van der Waals surface area contributed by atoms with E-state index in [2.05, 4.69) is 24.6 Å². The Morgan fingerprint density at radius 1 is 1.35 bits per heavy atom. The standard InChI is InChI=1S/C14H20N2O/c1-9(2)16-8-11(4-5-15)13-7-12(17)6-10(3)14(13)16/h6-9,17H,4-5,15H2,1-3H3. The normalized spacial score (nSPS) is 11.6. The summed E-state index contributed by atoms with van der Waals surface area (Å²) in [5.41, 5.74) is 9.18. The number of fused-ring (bicyclic) bond motifs is 1. The number of aromatic hydroxyl groups is 1. The SMILES string of the molecule is Cc1cc(O)cc2c(CCN)cn(C(C)C)c12. The molecule has 3 N–H and O–H groups in total. The van der Waals surface area contributed by atoms with Gasteiger partial charge >= 0.3 is 0 Å². The number of rotatable bonds is 3. The Hall–Kier alpha value is -1.48. The minimum absolute atomic E-state index is 0.328. The van der Waals surface area contributed by atoms with Gasteiger partial charge < -0.3 is 15.4 Å². The van der Waals surface area contributed by atoms with Crippen molar-refractivity contribution in [2.75, 3.05) is 6.54 Å². The van der Waals surface area contributed by atoms with Crippen LogP contribution in [0.4, 0.5) is 0 Å². The lowest BCUT2D eigenvalue weighted by Gasteiger charge is -2.11. The van der Waals surface area contributed by atoms with E-state index in [-0.39, 0.29) is 0 Å². The molecule has 92 valence electrons. The van der Waals surface area contributed by atoms with E-state index in [9.17, 15) is 5.11 Å². The van der Waals surface area contributed by atoms with Crippen LogP contribution < -0.4 is 5.73 Å². The van der Waals surface area contributed by atoms with Crippen molar-refractivity contribution in [1.29, 1.82) is 0 Å². The topological polar surface area (TPSA) is 51.2 Å². The van der Waals surface area contributed by atoms with Gasteiger partial charge in [-0.1, -0.05) is 0 Å². The molecule has 0 spiro atoms. The van der Waals surface area contributed by atoms with Gasteiger partial charge in [-0.3, -0.25) is 0 Å². The van der Waals surface area contributed by atoms with Crippen molar-refractivity contribution in [2.45, 2.75) is 33.2 Å². The molecule has 0 unspecified atom stereocenters. The molecule has 0 aliphatic heterocycles. The summed E-state index contributed by atoms with van der Waals surface area (Å²) < 4.78 is 2.26. The Balaban J connectivity index is 2.76. The van der Waals surface area contributed by atoms with Crippen LogP contribution in [0.5, 0.6) is 5.75 Å². The van der Waals surface area contributed by atoms with E-state index >= 15 is 0 Å². The van der Waals surface area contributed by atoms with E-state index in [0.29, 0.717) is 18.3 Å². The zero-order valence-electron chi connectivity index (χ0n) is 10.7. The maximum atomic E-state index is 9.71. The van der Waals surface area contributed by atoms with Gasteiger partial charge in [0.2, 0.25) is 0 Å². The number of benzene rings is 1. The molecular formula is C14H20N2O. The lowest BCUT2D eigenvalue weighted by Crippen LogP contribution is -2.02. The average molecular weight is 232 g/mol. The third kappa shape index (κ3) is 2.03. The van der Waals surface area contributed by atoms with Crippen molar-refractivity contribution < 1.29 is 5.11 Å². The Bertz CT molecular complexity index is 541. The van der Waals surface area contributed by atoms with Crippen LogP contribution in [0.3, 0.4) is 0 Å². The first-order chi connectivity index (χ1) is 8.04. The summed E-state index contributed by atoms with van der Waals surface area (Å²) in [7, 11) is 0. The number of nitrogens with two attached hydrogens (primary N) is 1. The largest absolute Gasteiger partial charge is 0.508 e. The highest BCUT2D eigenvalue weighted by molar-refractivity contribution is 5.88. The van der Waals surface area contributed by atoms with Gasteiger partial charge in [0.25, 0.3) is 0 Å². The van der Waals surface area contributed by atoms with E-state index in [1.807, 2.05) is 19.1 Å². The quantitative estimate of drug-likeness (QED) is 0.855. The summed E-state index contributed by atoms with van der Waals surface area (Å²) in [5, 5.41) is 10.8. The van der Waals surface area contributed by atoms with E-state index in [1.165, 1.54) is 11.1 Å². The maximum absolute atomic E-state index is 9.71. The van der Waals surface area contributed by atoms with Crippen molar-refractivity contribution in [2.24, 2.45) is 5.73 Å². The molecular weight excluding hydrogens is 212 g/mol. The molecule has 0 aliphatic rings. The molecule has 0 atom stereocenters. The van der Waals surface area contributed by atoms with Crippen LogP contribution in [-0.2, 0) is 6.42 Å². The molecule has 0 amide bonds. The molecule has 2 aromatic rings. The number of aromatic nitrogens is 1. The highest BCUT2D eigenvalue weighted by Gasteiger charge is 2.13. The monoisotopic (exact) mass is 232 g/mol. The molecule has 3 heteroatoms. The van der Waals surface area contributed by atoms with E-state index in [4.69, 9.17) is 5.73 Å². The molecule has 17 heavy (non-hydrogen) atoms. The van der Waals surface area contributed by atoms with Crippen molar-refractivity contribution in [3.8, 4) is 5.75 Å². The Kier molecular flexibility index (Phi) is 3.11. The summed E-state index contributed by atoms with van der Waals surface area (Å²) in [6, 6.07) is 4.06. The smallest absolute Gasteiger partial charge is 0.116 e. The molecule has 2 rings (SSSR count). The molecule has 1 aromatic carbocycles. The molecule has 3 nitrogen and oxygen atoms in total. The molecule has 0 saturated heterocycles. The van der Waals surface area contributed by atoms with Crippen LogP contribution in [0.25, 0.3) is 10.9 Å². The molecule has 0 radical (unpaired) electrons. The highest BCUT2D eigenvalue weighted by Crippen LogP contribution is 2.31. The lowest BCUT2D eigenvalue weighted by molar-refractivity contribution is 0.475. The van der Waals surface area contributed by atoms with Crippen LogP contribution >= 0.6 is 0 Å². The minimum Gasteiger partial charge on any atom is -0.508 e. The first-order valence-electron chi connectivity index (χ1n) is 6.07. The maximum Gasteiger partial charge on any atom is 0.116 e. The van der Waals surface area contributed by atoms with E-state index < -0.39 is 0 Å². The van der Waals surface area contributed by atoms with Gasteiger partial charge in [0, 0.05) is 17.6 Å². The van der Waals surface area contributed by atoms with Crippen LogP contribution in [0.2, 0.25) is 0 Å². The van der Waals surface area contributed by atoms with Crippen molar-refractivity contribution in [1.82, 2.24) is 4.57 Å². The number of hydrogen-bond acceptors (Lipinski definition) is 2. The molecule has 0 bridgehead atoms. The Morgan fingerprint density at radius 2 is 2.06 bits per heavy atom. The summed E-state index contributed by atoms with van der Waals surface area (Å²) in [6.07, 6.45) is 3.01. The summed E-state index contributed by atoms with van der Waals surface area (Å²) in [6.45, 7) is 7.00. The van der Waals surface area contributed by atoms with E-state index in [1.54, 1.807) is 0 Å². The molecule has 1 aromatic heterocycles. The number of phenolic OH excluding ortho intramolecular Hbond substituents is 1. The molecule has 0 aliphatic carbocycles. The van der Waals surface area contributed by atoms with E-state index in [0.717, 1.165) is 17.4 Å². The first kappa shape index (κ1) is 12.0. The van der Waals surface area contributed by atoms with Gasteiger partial charge in [0.1, 0.15) is 5.75 Å². The van der Waals surface area contributed by atoms with Gasteiger partial charge in [-0.15, -0.1) is 0 Å². The fraction of sp³-hybridized carbons (Fsp3) is 0.429. The second kappa shape index (κ2) is 4.41. The second-order valence-electron chi connectivity index (χ2n) is 4.85. The summed E-state index contributed by atoms with van der Waals surface area (Å²) in [5.74, 6) is 0.328. The average Bonchev–Trinajstić information content (AvgIpc) is 2.58. The van der Waals surface area contributed by atoms with Crippen LogP contribution in [0.1, 0.15) is 31.0 Å². The fourth-order valence-electron chi connectivity index (χ4n) is 2.41. The summed E-state index contributed by atoms with van der Waals surface area (Å²) in [4.78, 5) is 0. The number of hydrogen-bond donors (Lipinski definition) is 2. The number of aryl methyl sites for hydroxylation is 1.